The lowest BCUT2D eigenvalue weighted by Crippen LogP contribution is -2.30. The largest absolute Gasteiger partial charge is 0.345 e. The van der Waals surface area contributed by atoms with E-state index in [1.54, 1.807) is 11.9 Å². The Balaban J connectivity index is 2.43. The highest BCUT2D eigenvalue weighted by molar-refractivity contribution is 5.96. The minimum absolute atomic E-state index is 0.00589. The number of hydrogen-bond donors (Lipinski definition) is 0. The first-order valence-electron chi connectivity index (χ1n) is 6.84. The van der Waals surface area contributed by atoms with Crippen LogP contribution in [0.15, 0.2) is 24.3 Å². The molecule has 0 unspecified atom stereocenters. The summed E-state index contributed by atoms with van der Waals surface area (Å²) in [6.07, 6.45) is 3.09. The molecule has 3 heteroatoms. The molecule has 1 rings (SSSR count). The molecular weight excluding hydrogens is 238 g/mol. The summed E-state index contributed by atoms with van der Waals surface area (Å²) in [6, 6.07) is 8.54. The van der Waals surface area contributed by atoms with Gasteiger partial charge in [0.05, 0.1) is 6.42 Å². The third kappa shape index (κ3) is 5.69. The number of benzene rings is 1. The van der Waals surface area contributed by atoms with Gasteiger partial charge in [0, 0.05) is 13.6 Å². The third-order valence-corrected chi connectivity index (χ3v) is 3.12. The zero-order valence-corrected chi connectivity index (χ0v) is 12.1. The van der Waals surface area contributed by atoms with Gasteiger partial charge in [-0.15, -0.1) is 0 Å². The minimum Gasteiger partial charge on any atom is -0.345 e. The Bertz CT molecular complexity index is 423. The Morgan fingerprint density at radius 2 is 1.58 bits per heavy atom. The number of likely N-dealkylation sites (N-methyl/N-ethyl adjacent to an activating group) is 1. The number of ketones is 1. The number of Topliss-reactive ketones (excluding diaryl/α,β-unsaturated/α-hetero) is 1. The fraction of sp³-hybridized carbons (Fsp3) is 0.500. The van der Waals surface area contributed by atoms with Crippen molar-refractivity contribution in [2.24, 2.45) is 0 Å². The lowest BCUT2D eigenvalue weighted by atomic mass is 10.1. The summed E-state index contributed by atoms with van der Waals surface area (Å²) in [5.74, 6) is -0.184. The van der Waals surface area contributed by atoms with Crippen molar-refractivity contribution in [2.45, 2.75) is 39.5 Å². The number of hydrogen-bond acceptors (Lipinski definition) is 2. The summed E-state index contributed by atoms with van der Waals surface area (Å²) >= 11 is 0. The van der Waals surface area contributed by atoms with E-state index in [0.29, 0.717) is 6.54 Å². The molecule has 0 saturated heterocycles. The number of aryl methyl sites for hydroxylation is 1. The highest BCUT2D eigenvalue weighted by Gasteiger charge is 2.10. The topological polar surface area (TPSA) is 37.4 Å². The normalized spacial score (nSPS) is 10.3. The van der Waals surface area contributed by atoms with E-state index in [9.17, 15) is 9.59 Å². The number of carbonyl (C=O) groups excluding carboxylic acids is 2. The molecule has 0 aliphatic rings. The first-order chi connectivity index (χ1) is 9.02. The van der Waals surface area contributed by atoms with Crippen molar-refractivity contribution >= 4 is 11.7 Å². The van der Waals surface area contributed by atoms with Crippen molar-refractivity contribution in [1.82, 2.24) is 4.90 Å². The quantitative estimate of drug-likeness (QED) is 0.708. The number of nitrogens with zero attached hydrogens (tertiary/aromatic N) is 1. The van der Waals surface area contributed by atoms with Gasteiger partial charge < -0.3 is 4.90 Å². The van der Waals surface area contributed by atoms with E-state index in [1.807, 2.05) is 0 Å². The predicted octanol–water partition coefficient (Wildman–Crippen LogP) is 2.62. The summed E-state index contributed by atoms with van der Waals surface area (Å²) in [5, 5.41) is 0. The predicted molar refractivity (Wildman–Crippen MR) is 77.1 cm³/mol. The fourth-order valence-corrected chi connectivity index (χ4v) is 1.93. The van der Waals surface area contributed by atoms with E-state index >= 15 is 0 Å². The van der Waals surface area contributed by atoms with Gasteiger partial charge in [0.25, 0.3) is 0 Å². The first-order valence-corrected chi connectivity index (χ1v) is 6.84. The second kappa shape index (κ2) is 7.72. The Labute approximate surface area is 115 Å². The maximum atomic E-state index is 11.6. The molecule has 0 aliphatic carbocycles. The molecule has 0 heterocycles. The Morgan fingerprint density at radius 1 is 1.05 bits per heavy atom. The number of amides is 1. The molecule has 0 spiro atoms. The van der Waals surface area contributed by atoms with E-state index in [1.165, 1.54) is 18.1 Å². The Kier molecular flexibility index (Phi) is 6.26. The summed E-state index contributed by atoms with van der Waals surface area (Å²) < 4.78 is 0. The van der Waals surface area contributed by atoms with Crippen LogP contribution in [0.1, 0.15) is 37.8 Å². The van der Waals surface area contributed by atoms with E-state index < -0.39 is 0 Å². The fourth-order valence-electron chi connectivity index (χ4n) is 1.93. The van der Waals surface area contributed by atoms with Gasteiger partial charge in [-0.05, 0) is 30.9 Å². The molecule has 1 amide bonds. The zero-order valence-electron chi connectivity index (χ0n) is 12.1. The molecule has 0 fully saturated rings. The molecule has 0 radical (unpaired) electrons. The molecule has 1 aromatic carbocycles. The second-order valence-corrected chi connectivity index (χ2v) is 5.01. The van der Waals surface area contributed by atoms with Gasteiger partial charge in [-0.1, -0.05) is 37.6 Å². The molecule has 0 aliphatic heterocycles. The lowest BCUT2D eigenvalue weighted by molar-refractivity contribution is -0.133. The van der Waals surface area contributed by atoms with Crippen LogP contribution in [0.5, 0.6) is 0 Å². The van der Waals surface area contributed by atoms with Gasteiger partial charge in [0.2, 0.25) is 5.91 Å². The van der Waals surface area contributed by atoms with E-state index in [4.69, 9.17) is 0 Å². The molecular formula is C16H23NO2. The standard InChI is InChI=1S/C16H23NO2/c1-4-5-14-6-8-15(9-7-14)10-11-17(3)16(19)12-13(2)18/h6-9H,4-5,10-12H2,1-3H3. The first kappa shape index (κ1) is 15.4. The monoisotopic (exact) mass is 261 g/mol. The van der Waals surface area contributed by atoms with Gasteiger partial charge in [0.15, 0.2) is 0 Å². The van der Waals surface area contributed by atoms with Crippen molar-refractivity contribution in [3.05, 3.63) is 35.4 Å². The SMILES string of the molecule is CCCc1ccc(CCN(C)C(=O)CC(C)=O)cc1. The molecule has 19 heavy (non-hydrogen) atoms. The number of carbonyl (C=O) groups is 2. The van der Waals surface area contributed by atoms with Crippen LogP contribution in [0, 0.1) is 0 Å². The van der Waals surface area contributed by atoms with Crippen LogP contribution in [0.3, 0.4) is 0 Å². The van der Waals surface area contributed by atoms with E-state index in [0.717, 1.165) is 19.3 Å². The van der Waals surface area contributed by atoms with Crippen LogP contribution < -0.4 is 0 Å². The highest BCUT2D eigenvalue weighted by Crippen LogP contribution is 2.08. The van der Waals surface area contributed by atoms with Crippen molar-refractivity contribution in [3.8, 4) is 0 Å². The van der Waals surface area contributed by atoms with Crippen LogP contribution in [-0.4, -0.2) is 30.2 Å². The van der Waals surface area contributed by atoms with E-state index in [2.05, 4.69) is 31.2 Å². The Morgan fingerprint density at radius 3 is 2.05 bits per heavy atom. The zero-order chi connectivity index (χ0) is 14.3. The summed E-state index contributed by atoms with van der Waals surface area (Å²) in [4.78, 5) is 24.1. The lowest BCUT2D eigenvalue weighted by Gasteiger charge is -2.16. The van der Waals surface area contributed by atoms with Gasteiger partial charge in [-0.3, -0.25) is 9.59 Å². The van der Waals surface area contributed by atoms with Crippen LogP contribution in [0.4, 0.5) is 0 Å². The molecule has 0 bridgehead atoms. The molecule has 3 nitrogen and oxygen atoms in total. The Hall–Kier alpha value is -1.64. The number of rotatable bonds is 7. The van der Waals surface area contributed by atoms with Crippen molar-refractivity contribution in [1.29, 1.82) is 0 Å². The average Bonchev–Trinajstić information content (AvgIpc) is 2.37. The molecule has 0 N–H and O–H groups in total. The summed E-state index contributed by atoms with van der Waals surface area (Å²) in [7, 11) is 1.75. The summed E-state index contributed by atoms with van der Waals surface area (Å²) in [5.41, 5.74) is 2.58. The third-order valence-electron chi connectivity index (χ3n) is 3.12. The smallest absolute Gasteiger partial charge is 0.229 e. The van der Waals surface area contributed by atoms with Crippen molar-refractivity contribution < 1.29 is 9.59 Å². The second-order valence-electron chi connectivity index (χ2n) is 5.01. The van der Waals surface area contributed by atoms with Crippen LogP contribution in [0.2, 0.25) is 0 Å². The highest BCUT2D eigenvalue weighted by atomic mass is 16.2. The maximum absolute atomic E-state index is 11.6. The van der Waals surface area contributed by atoms with Gasteiger partial charge in [-0.2, -0.15) is 0 Å². The van der Waals surface area contributed by atoms with Gasteiger partial charge in [-0.25, -0.2) is 0 Å². The van der Waals surface area contributed by atoms with Gasteiger partial charge >= 0.3 is 0 Å². The molecule has 104 valence electrons. The van der Waals surface area contributed by atoms with Crippen LogP contribution >= 0.6 is 0 Å². The minimum atomic E-state index is -0.102. The average molecular weight is 261 g/mol. The van der Waals surface area contributed by atoms with E-state index in [-0.39, 0.29) is 18.1 Å². The maximum Gasteiger partial charge on any atom is 0.229 e. The molecule has 0 aromatic heterocycles. The van der Waals surface area contributed by atoms with Crippen molar-refractivity contribution in [3.63, 3.8) is 0 Å². The van der Waals surface area contributed by atoms with Gasteiger partial charge in [0.1, 0.15) is 5.78 Å². The summed E-state index contributed by atoms with van der Waals surface area (Å²) in [6.45, 7) is 4.26. The molecule has 0 saturated carbocycles. The molecule has 1 aromatic rings. The van der Waals surface area contributed by atoms with Crippen molar-refractivity contribution in [2.75, 3.05) is 13.6 Å². The van der Waals surface area contributed by atoms with Crippen LogP contribution in [0.25, 0.3) is 0 Å². The van der Waals surface area contributed by atoms with Crippen LogP contribution in [-0.2, 0) is 22.4 Å². The molecule has 0 atom stereocenters.